The Morgan fingerprint density at radius 1 is 0.853 bits per heavy atom. The predicted molar refractivity (Wildman–Crippen MR) is 135 cm³/mol. The van der Waals surface area contributed by atoms with Crippen molar-refractivity contribution >= 4 is 17.0 Å². The molecule has 0 saturated heterocycles. The van der Waals surface area contributed by atoms with Crippen molar-refractivity contribution < 1.29 is 4.74 Å². The summed E-state index contributed by atoms with van der Waals surface area (Å²) in [6, 6.07) is 31.0. The molecule has 0 aliphatic rings. The molecule has 3 aromatic carbocycles. The highest BCUT2D eigenvalue weighted by Crippen LogP contribution is 2.34. The summed E-state index contributed by atoms with van der Waals surface area (Å²) in [5.74, 6) is 1.52. The van der Waals surface area contributed by atoms with E-state index in [4.69, 9.17) is 10.5 Å². The van der Waals surface area contributed by atoms with Gasteiger partial charge in [0, 0.05) is 5.92 Å². The van der Waals surface area contributed by atoms with E-state index in [0.717, 1.165) is 41.7 Å². The smallest absolute Gasteiger partial charge is 0.178 e. The maximum Gasteiger partial charge on any atom is 0.178 e. The van der Waals surface area contributed by atoms with Crippen molar-refractivity contribution in [1.29, 1.82) is 0 Å². The molecule has 0 radical (unpaired) electrons. The van der Waals surface area contributed by atoms with Crippen LogP contribution in [0.1, 0.15) is 41.0 Å². The van der Waals surface area contributed by atoms with Gasteiger partial charge in [0.05, 0.1) is 0 Å². The monoisotopic (exact) mass is 449 g/mol. The summed E-state index contributed by atoms with van der Waals surface area (Å²) in [6.07, 6.45) is 2.96. The van der Waals surface area contributed by atoms with Crippen LogP contribution in [0.3, 0.4) is 0 Å². The Morgan fingerprint density at radius 2 is 1.59 bits per heavy atom. The lowest BCUT2D eigenvalue weighted by Crippen LogP contribution is -2.05. The minimum Gasteiger partial charge on any atom is -0.489 e. The van der Waals surface area contributed by atoms with Crippen molar-refractivity contribution in [2.24, 2.45) is 0 Å². The Balaban J connectivity index is 1.26. The number of pyridine rings is 1. The maximum atomic E-state index is 6.10. The van der Waals surface area contributed by atoms with E-state index >= 15 is 0 Å². The lowest BCUT2D eigenvalue weighted by molar-refractivity contribution is 0.306. The Hall–Kier alpha value is -4.19. The Bertz CT molecular complexity index is 1330. The van der Waals surface area contributed by atoms with Crippen molar-refractivity contribution in [2.75, 3.05) is 5.73 Å². The average Bonchev–Trinajstić information content (AvgIpc) is 3.35. The number of nitrogens with one attached hydrogen (secondary N) is 1. The standard InChI is InChI=1S/C28H27N5O/c29-26-18-25(27-28(30-26)32-33-31-27)24(22-11-5-2-6-12-22)13-7-10-20-14-16-23(17-15-20)34-19-21-8-3-1-4-9-21/h1-6,8-9,11-12,14-18,24H,7,10,13,19H2,(H3,29,30,31,32,33). The second kappa shape index (κ2) is 10.2. The molecule has 0 bridgehead atoms. The van der Waals surface area contributed by atoms with Gasteiger partial charge in [-0.05, 0) is 59.7 Å². The first-order valence-electron chi connectivity index (χ1n) is 11.5. The number of aromatic amines is 1. The normalized spacial score (nSPS) is 12.0. The number of benzene rings is 3. The minimum atomic E-state index is 0.160. The molecule has 0 saturated carbocycles. The van der Waals surface area contributed by atoms with Crippen molar-refractivity contribution in [2.45, 2.75) is 31.8 Å². The number of hydrogen-bond acceptors (Lipinski definition) is 5. The van der Waals surface area contributed by atoms with Crippen LogP contribution in [-0.2, 0) is 13.0 Å². The summed E-state index contributed by atoms with van der Waals surface area (Å²) in [7, 11) is 0. The highest BCUT2D eigenvalue weighted by Gasteiger charge is 2.20. The average molecular weight is 450 g/mol. The largest absolute Gasteiger partial charge is 0.489 e. The summed E-state index contributed by atoms with van der Waals surface area (Å²) in [5.41, 5.74) is 12.3. The molecule has 0 amide bonds. The van der Waals surface area contributed by atoms with Crippen molar-refractivity contribution in [3.05, 3.63) is 113 Å². The number of ether oxygens (including phenoxy) is 1. The third-order valence-corrected chi connectivity index (χ3v) is 6.06. The Kier molecular flexibility index (Phi) is 6.47. The first kappa shape index (κ1) is 21.6. The first-order valence-corrected chi connectivity index (χ1v) is 11.5. The molecule has 0 aliphatic carbocycles. The number of hydrogen-bond donors (Lipinski definition) is 2. The number of nitrogens with zero attached hydrogens (tertiary/aromatic N) is 3. The number of aromatic nitrogens is 4. The van der Waals surface area contributed by atoms with E-state index in [1.54, 1.807) is 0 Å². The van der Waals surface area contributed by atoms with Crippen LogP contribution in [0.25, 0.3) is 11.2 Å². The number of rotatable bonds is 9. The molecule has 34 heavy (non-hydrogen) atoms. The number of anilines is 1. The van der Waals surface area contributed by atoms with Crippen LogP contribution in [0, 0.1) is 0 Å². The van der Waals surface area contributed by atoms with Crippen LogP contribution < -0.4 is 10.5 Å². The van der Waals surface area contributed by atoms with Gasteiger partial charge in [0.1, 0.15) is 23.7 Å². The van der Waals surface area contributed by atoms with Crippen molar-refractivity contribution in [3.8, 4) is 5.75 Å². The molecule has 2 heterocycles. The number of nitrogens with two attached hydrogens (primary N) is 1. The Morgan fingerprint density at radius 3 is 2.35 bits per heavy atom. The van der Waals surface area contributed by atoms with Crippen LogP contribution in [0.4, 0.5) is 5.82 Å². The van der Waals surface area contributed by atoms with Crippen molar-refractivity contribution in [3.63, 3.8) is 0 Å². The van der Waals surface area contributed by atoms with E-state index in [1.165, 1.54) is 11.1 Å². The molecular weight excluding hydrogens is 422 g/mol. The SMILES string of the molecule is Nc1cc(C(CCCc2ccc(OCc3ccccc3)cc2)c2ccccc2)c2nn[nH]c2n1. The van der Waals surface area contributed by atoms with Crippen LogP contribution >= 0.6 is 0 Å². The van der Waals surface area contributed by atoms with Gasteiger partial charge >= 0.3 is 0 Å². The molecule has 5 aromatic rings. The van der Waals surface area contributed by atoms with Crippen LogP contribution in [-0.4, -0.2) is 20.4 Å². The molecule has 1 unspecified atom stereocenters. The molecule has 0 aliphatic heterocycles. The van der Waals surface area contributed by atoms with E-state index in [9.17, 15) is 0 Å². The van der Waals surface area contributed by atoms with Crippen LogP contribution in [0.5, 0.6) is 5.75 Å². The fourth-order valence-corrected chi connectivity index (χ4v) is 4.34. The summed E-state index contributed by atoms with van der Waals surface area (Å²) in [5, 5.41) is 11.1. The zero-order valence-electron chi connectivity index (χ0n) is 18.9. The Labute approximate surface area is 198 Å². The number of H-pyrrole nitrogens is 1. The van der Waals surface area contributed by atoms with Gasteiger partial charge < -0.3 is 10.5 Å². The van der Waals surface area contributed by atoms with Gasteiger partial charge in [-0.2, -0.15) is 0 Å². The molecule has 3 N–H and O–H groups in total. The van der Waals surface area contributed by atoms with Crippen LogP contribution in [0.2, 0.25) is 0 Å². The molecule has 5 rings (SSSR count). The molecule has 1 atom stereocenters. The third-order valence-electron chi connectivity index (χ3n) is 6.06. The van der Waals surface area contributed by atoms with Crippen molar-refractivity contribution in [1.82, 2.24) is 20.4 Å². The molecule has 6 nitrogen and oxygen atoms in total. The zero-order valence-corrected chi connectivity index (χ0v) is 18.9. The van der Waals surface area contributed by atoms with E-state index in [1.807, 2.05) is 30.3 Å². The van der Waals surface area contributed by atoms with Gasteiger partial charge in [-0.3, -0.25) is 0 Å². The summed E-state index contributed by atoms with van der Waals surface area (Å²) >= 11 is 0. The molecular formula is C28H27N5O. The molecule has 0 spiro atoms. The topological polar surface area (TPSA) is 89.7 Å². The maximum absolute atomic E-state index is 6.10. The molecule has 170 valence electrons. The highest BCUT2D eigenvalue weighted by molar-refractivity contribution is 5.77. The van der Waals surface area contributed by atoms with Gasteiger partial charge in [-0.15, -0.1) is 5.10 Å². The van der Waals surface area contributed by atoms with E-state index < -0.39 is 0 Å². The van der Waals surface area contributed by atoms with Gasteiger partial charge in [-0.1, -0.05) is 78.0 Å². The number of fused-ring (bicyclic) bond motifs is 1. The zero-order chi connectivity index (χ0) is 23.2. The lowest BCUT2D eigenvalue weighted by atomic mass is 9.86. The van der Waals surface area contributed by atoms with Gasteiger partial charge in [0.15, 0.2) is 5.65 Å². The van der Waals surface area contributed by atoms with Crippen LogP contribution in [0.15, 0.2) is 91.0 Å². The fraction of sp³-hybridized carbons (Fsp3) is 0.179. The summed E-state index contributed by atoms with van der Waals surface area (Å²) in [6.45, 7) is 0.574. The second-order valence-corrected chi connectivity index (χ2v) is 8.42. The molecule has 6 heteroatoms. The number of nitrogen functional groups attached to an aromatic ring is 1. The molecule has 2 aromatic heterocycles. The summed E-state index contributed by atoms with van der Waals surface area (Å²) in [4.78, 5) is 4.33. The minimum absolute atomic E-state index is 0.160. The lowest BCUT2D eigenvalue weighted by Gasteiger charge is -2.19. The van der Waals surface area contributed by atoms with E-state index in [-0.39, 0.29) is 5.92 Å². The molecule has 0 fully saturated rings. The fourth-order valence-electron chi connectivity index (χ4n) is 4.34. The van der Waals surface area contributed by atoms with Gasteiger partial charge in [-0.25, -0.2) is 10.1 Å². The van der Waals surface area contributed by atoms with E-state index in [2.05, 4.69) is 81.1 Å². The van der Waals surface area contributed by atoms with Gasteiger partial charge in [0.25, 0.3) is 0 Å². The third kappa shape index (κ3) is 5.07. The van der Waals surface area contributed by atoms with Gasteiger partial charge in [0.2, 0.25) is 0 Å². The first-order chi connectivity index (χ1) is 16.8. The summed E-state index contributed by atoms with van der Waals surface area (Å²) < 4.78 is 5.92. The van der Waals surface area contributed by atoms with E-state index in [0.29, 0.717) is 18.1 Å². The quantitative estimate of drug-likeness (QED) is 0.303. The highest BCUT2D eigenvalue weighted by atomic mass is 16.5. The second-order valence-electron chi connectivity index (χ2n) is 8.42. The number of aryl methyl sites for hydroxylation is 1. The predicted octanol–water partition coefficient (Wildman–Crippen LogP) is 5.67.